The number of nitrogens with one attached hydrogen (secondary N) is 1. The lowest BCUT2D eigenvalue weighted by atomic mass is 10.1. The van der Waals surface area contributed by atoms with Gasteiger partial charge in [0.1, 0.15) is 0 Å². The maximum absolute atomic E-state index is 3.63. The molecule has 2 rings (SSSR count). The fourth-order valence-corrected chi connectivity index (χ4v) is 2.67. The molecule has 2 nitrogen and oxygen atoms in total. The minimum Gasteiger partial charge on any atom is -0.313 e. The molecule has 2 fully saturated rings. The van der Waals surface area contributed by atoms with Gasteiger partial charge in [-0.05, 0) is 31.2 Å². The largest absolute Gasteiger partial charge is 0.313 e. The monoisotopic (exact) mass is 196 g/mol. The molecule has 82 valence electrons. The number of hydrogen-bond acceptors (Lipinski definition) is 2. The van der Waals surface area contributed by atoms with Gasteiger partial charge in [-0.25, -0.2) is 0 Å². The summed E-state index contributed by atoms with van der Waals surface area (Å²) in [7, 11) is 0. The van der Waals surface area contributed by atoms with Gasteiger partial charge in [0.15, 0.2) is 0 Å². The highest BCUT2D eigenvalue weighted by molar-refractivity contribution is 5.03. The van der Waals surface area contributed by atoms with E-state index < -0.39 is 0 Å². The zero-order chi connectivity index (χ0) is 10.2. The Balaban J connectivity index is 1.84. The first-order valence-corrected chi connectivity index (χ1v) is 6.11. The molecular weight excluding hydrogens is 172 g/mol. The summed E-state index contributed by atoms with van der Waals surface area (Å²) in [6.45, 7) is 10.8. The number of nitrogens with zero attached hydrogens (tertiary/aromatic N) is 1. The molecule has 0 aromatic carbocycles. The highest BCUT2D eigenvalue weighted by Gasteiger charge is 2.49. The highest BCUT2D eigenvalue weighted by Crippen LogP contribution is 2.48. The molecular formula is C12H24N2. The van der Waals surface area contributed by atoms with Gasteiger partial charge in [-0.1, -0.05) is 20.8 Å². The molecule has 1 N–H and O–H groups in total. The Hall–Kier alpha value is -0.0800. The normalized spacial score (nSPS) is 37.9. The third-order valence-corrected chi connectivity index (χ3v) is 3.99. The van der Waals surface area contributed by atoms with Crippen molar-refractivity contribution in [3.63, 3.8) is 0 Å². The molecule has 0 amide bonds. The summed E-state index contributed by atoms with van der Waals surface area (Å²) in [6, 6.07) is 1.64. The smallest absolute Gasteiger partial charge is 0.0153 e. The van der Waals surface area contributed by atoms with Crippen LogP contribution < -0.4 is 5.32 Å². The summed E-state index contributed by atoms with van der Waals surface area (Å²) in [4.78, 5) is 2.70. The summed E-state index contributed by atoms with van der Waals surface area (Å²) < 4.78 is 0. The summed E-state index contributed by atoms with van der Waals surface area (Å²) in [5.41, 5.74) is 0.603. The van der Waals surface area contributed by atoms with E-state index in [1.54, 1.807) is 0 Å². The van der Waals surface area contributed by atoms with Crippen LogP contribution in [0.4, 0.5) is 0 Å². The topological polar surface area (TPSA) is 15.3 Å². The second kappa shape index (κ2) is 3.82. The Labute approximate surface area is 88.1 Å². The van der Waals surface area contributed by atoms with Crippen molar-refractivity contribution in [2.75, 3.05) is 19.6 Å². The van der Waals surface area contributed by atoms with Crippen molar-refractivity contribution in [2.24, 2.45) is 5.41 Å². The van der Waals surface area contributed by atoms with Gasteiger partial charge < -0.3 is 5.32 Å². The molecule has 2 atom stereocenters. The zero-order valence-corrected chi connectivity index (χ0v) is 9.84. The van der Waals surface area contributed by atoms with Crippen molar-refractivity contribution < 1.29 is 0 Å². The van der Waals surface area contributed by atoms with Gasteiger partial charge in [0.05, 0.1) is 0 Å². The van der Waals surface area contributed by atoms with Crippen LogP contribution in [0, 0.1) is 5.41 Å². The third kappa shape index (κ3) is 2.12. The molecule has 1 heterocycles. The number of rotatable bonds is 2. The van der Waals surface area contributed by atoms with Gasteiger partial charge in [-0.15, -0.1) is 0 Å². The van der Waals surface area contributed by atoms with Crippen LogP contribution in [0.25, 0.3) is 0 Å². The minimum absolute atomic E-state index is 0.603. The van der Waals surface area contributed by atoms with Crippen LogP contribution in [0.1, 0.15) is 40.0 Å². The Kier molecular flexibility index (Phi) is 2.85. The lowest BCUT2D eigenvalue weighted by molar-refractivity contribution is 0.249. The van der Waals surface area contributed by atoms with Gasteiger partial charge in [-0.3, -0.25) is 4.90 Å². The molecule has 1 aliphatic heterocycles. The Morgan fingerprint density at radius 3 is 2.64 bits per heavy atom. The summed E-state index contributed by atoms with van der Waals surface area (Å²) in [5.74, 6) is 0. The zero-order valence-electron chi connectivity index (χ0n) is 9.84. The first-order valence-electron chi connectivity index (χ1n) is 6.11. The Morgan fingerprint density at radius 1 is 1.36 bits per heavy atom. The van der Waals surface area contributed by atoms with E-state index in [1.165, 1.54) is 38.9 Å². The van der Waals surface area contributed by atoms with E-state index in [0.717, 1.165) is 12.1 Å². The van der Waals surface area contributed by atoms with Crippen molar-refractivity contribution in [1.29, 1.82) is 0 Å². The van der Waals surface area contributed by atoms with Crippen molar-refractivity contribution in [2.45, 2.75) is 52.1 Å². The standard InChI is InChI=1S/C12H24N2/c1-4-10-5-7-14(8-6-13-10)11-9-12(11,2)3/h10-11,13H,4-9H2,1-3H3. The molecule has 2 aliphatic rings. The van der Waals surface area contributed by atoms with E-state index in [-0.39, 0.29) is 0 Å². The molecule has 14 heavy (non-hydrogen) atoms. The average Bonchev–Trinajstić information content (AvgIpc) is 2.82. The van der Waals surface area contributed by atoms with Gasteiger partial charge in [-0.2, -0.15) is 0 Å². The average molecular weight is 196 g/mol. The van der Waals surface area contributed by atoms with Crippen LogP contribution in [0.15, 0.2) is 0 Å². The van der Waals surface area contributed by atoms with Crippen LogP contribution in [0.3, 0.4) is 0 Å². The molecule has 2 unspecified atom stereocenters. The fraction of sp³-hybridized carbons (Fsp3) is 1.00. The van der Waals surface area contributed by atoms with Crippen molar-refractivity contribution in [1.82, 2.24) is 10.2 Å². The van der Waals surface area contributed by atoms with Gasteiger partial charge in [0, 0.05) is 25.2 Å². The van der Waals surface area contributed by atoms with E-state index in [1.807, 2.05) is 0 Å². The van der Waals surface area contributed by atoms with E-state index in [4.69, 9.17) is 0 Å². The molecule has 0 bridgehead atoms. The van der Waals surface area contributed by atoms with E-state index in [2.05, 4.69) is 31.0 Å². The molecule has 1 aliphatic carbocycles. The first kappa shape index (κ1) is 10.4. The van der Waals surface area contributed by atoms with Crippen LogP contribution >= 0.6 is 0 Å². The second-order valence-electron chi connectivity index (χ2n) is 5.59. The van der Waals surface area contributed by atoms with Crippen molar-refractivity contribution in [3.05, 3.63) is 0 Å². The second-order valence-corrected chi connectivity index (χ2v) is 5.59. The minimum atomic E-state index is 0.603. The maximum atomic E-state index is 3.63. The highest BCUT2D eigenvalue weighted by atomic mass is 15.2. The van der Waals surface area contributed by atoms with Crippen LogP contribution in [-0.4, -0.2) is 36.6 Å². The SMILES string of the molecule is CCC1CCN(C2CC2(C)C)CCN1. The predicted octanol–water partition coefficient (Wildman–Crippen LogP) is 1.86. The lowest BCUT2D eigenvalue weighted by Gasteiger charge is -2.21. The van der Waals surface area contributed by atoms with E-state index in [0.29, 0.717) is 5.41 Å². The third-order valence-electron chi connectivity index (χ3n) is 3.99. The van der Waals surface area contributed by atoms with Crippen LogP contribution in [0.2, 0.25) is 0 Å². The van der Waals surface area contributed by atoms with Crippen LogP contribution in [-0.2, 0) is 0 Å². The van der Waals surface area contributed by atoms with E-state index >= 15 is 0 Å². The van der Waals surface area contributed by atoms with Gasteiger partial charge in [0.2, 0.25) is 0 Å². The van der Waals surface area contributed by atoms with Crippen molar-refractivity contribution in [3.8, 4) is 0 Å². The summed E-state index contributed by atoms with van der Waals surface area (Å²) >= 11 is 0. The molecule has 0 aromatic heterocycles. The van der Waals surface area contributed by atoms with Gasteiger partial charge >= 0.3 is 0 Å². The summed E-state index contributed by atoms with van der Waals surface area (Å²) in [6.07, 6.45) is 4.02. The first-order chi connectivity index (χ1) is 6.63. The maximum Gasteiger partial charge on any atom is 0.0153 e. The van der Waals surface area contributed by atoms with E-state index in [9.17, 15) is 0 Å². The van der Waals surface area contributed by atoms with Crippen molar-refractivity contribution >= 4 is 0 Å². The molecule has 0 radical (unpaired) electrons. The molecule has 2 heteroatoms. The predicted molar refractivity (Wildman–Crippen MR) is 60.5 cm³/mol. The molecule has 1 saturated heterocycles. The molecule has 0 spiro atoms. The molecule has 1 saturated carbocycles. The fourth-order valence-electron chi connectivity index (χ4n) is 2.67. The Bertz CT molecular complexity index is 200. The lowest BCUT2D eigenvalue weighted by Crippen LogP contribution is -2.32. The molecule has 0 aromatic rings. The summed E-state index contributed by atoms with van der Waals surface area (Å²) in [5, 5.41) is 3.63. The Morgan fingerprint density at radius 2 is 2.07 bits per heavy atom. The van der Waals surface area contributed by atoms with Gasteiger partial charge in [0.25, 0.3) is 0 Å². The quantitative estimate of drug-likeness (QED) is 0.725. The number of hydrogen-bond donors (Lipinski definition) is 1. The van der Waals surface area contributed by atoms with Crippen LogP contribution in [0.5, 0.6) is 0 Å².